The zero-order chi connectivity index (χ0) is 15.5. The van der Waals surface area contributed by atoms with Crippen LogP contribution in [-0.2, 0) is 9.53 Å². The molecule has 1 aromatic carbocycles. The molecule has 0 aliphatic rings. The number of thioether (sulfide) groups is 1. The van der Waals surface area contributed by atoms with Gasteiger partial charge in [-0.15, -0.1) is 18.3 Å². The normalized spacial score (nSPS) is 12.8. The van der Waals surface area contributed by atoms with Crippen LogP contribution < -0.4 is 0 Å². The number of benzene rings is 1. The summed E-state index contributed by atoms with van der Waals surface area (Å²) in [6, 6.07) is 9.84. The van der Waals surface area contributed by atoms with Crippen LogP contribution in [0.4, 0.5) is 0 Å². The summed E-state index contributed by atoms with van der Waals surface area (Å²) in [6.45, 7) is 5.83. The maximum absolute atomic E-state index is 11.4. The number of rotatable bonds is 9. The van der Waals surface area contributed by atoms with E-state index in [1.807, 2.05) is 36.4 Å². The first-order valence-corrected chi connectivity index (χ1v) is 8.00. The number of hydrogen-bond acceptors (Lipinski definition) is 4. The average Bonchev–Trinajstić information content (AvgIpc) is 2.47. The van der Waals surface area contributed by atoms with Crippen LogP contribution in [0, 0.1) is 0 Å². The molecule has 0 fully saturated rings. The minimum Gasteiger partial charge on any atom is -0.466 e. The van der Waals surface area contributed by atoms with Crippen molar-refractivity contribution < 1.29 is 14.6 Å². The molecule has 0 radical (unpaired) electrons. The van der Waals surface area contributed by atoms with Gasteiger partial charge in [-0.05, 0) is 25.0 Å². The fourth-order valence-corrected chi connectivity index (χ4v) is 2.77. The lowest BCUT2D eigenvalue weighted by Crippen LogP contribution is -2.05. The lowest BCUT2D eigenvalue weighted by atomic mass is 10.1. The van der Waals surface area contributed by atoms with Gasteiger partial charge in [0.1, 0.15) is 0 Å². The molecular formula is C17H22O3S. The molecule has 0 aromatic heterocycles. The van der Waals surface area contributed by atoms with E-state index in [1.54, 1.807) is 24.8 Å². The number of ether oxygens (including phenoxy) is 1. The van der Waals surface area contributed by atoms with Crippen molar-refractivity contribution in [3.8, 4) is 0 Å². The molecule has 1 N–H and O–H groups in total. The molecule has 1 rings (SSSR count). The summed E-state index contributed by atoms with van der Waals surface area (Å²) in [5.41, 5.74) is 1.04. The molecule has 0 heterocycles. The monoisotopic (exact) mass is 306 g/mol. The maximum Gasteiger partial charge on any atom is 0.306 e. The Kier molecular flexibility index (Phi) is 8.55. The zero-order valence-corrected chi connectivity index (χ0v) is 13.1. The smallest absolute Gasteiger partial charge is 0.306 e. The second-order valence-electron chi connectivity index (χ2n) is 4.39. The molecule has 0 amide bonds. The van der Waals surface area contributed by atoms with Crippen LogP contribution in [-0.4, -0.2) is 29.5 Å². The van der Waals surface area contributed by atoms with E-state index >= 15 is 0 Å². The SMILES string of the molecule is C=CCC(O)/C=C(\SCCC(=O)OCC)c1ccccc1. The van der Waals surface area contributed by atoms with Crippen molar-refractivity contribution in [1.82, 2.24) is 0 Å². The van der Waals surface area contributed by atoms with Gasteiger partial charge in [0.05, 0.1) is 19.1 Å². The molecule has 0 aliphatic heterocycles. The van der Waals surface area contributed by atoms with Crippen LogP contribution in [0.15, 0.2) is 49.1 Å². The highest BCUT2D eigenvalue weighted by Crippen LogP contribution is 2.29. The Balaban J connectivity index is 2.69. The molecule has 1 aromatic rings. The second-order valence-corrected chi connectivity index (χ2v) is 5.53. The largest absolute Gasteiger partial charge is 0.466 e. The predicted octanol–water partition coefficient (Wildman–Crippen LogP) is 3.65. The Morgan fingerprint density at radius 1 is 1.43 bits per heavy atom. The molecular weight excluding hydrogens is 284 g/mol. The first-order chi connectivity index (χ1) is 10.2. The summed E-state index contributed by atoms with van der Waals surface area (Å²) in [5.74, 6) is 0.435. The topological polar surface area (TPSA) is 46.5 Å². The first kappa shape index (κ1) is 17.5. The summed E-state index contributed by atoms with van der Waals surface area (Å²) in [4.78, 5) is 12.3. The fraction of sp³-hybridized carbons (Fsp3) is 0.353. The van der Waals surface area contributed by atoms with Crippen molar-refractivity contribution >= 4 is 22.6 Å². The lowest BCUT2D eigenvalue weighted by molar-refractivity contribution is -0.142. The predicted molar refractivity (Wildman–Crippen MR) is 88.9 cm³/mol. The molecule has 0 spiro atoms. The van der Waals surface area contributed by atoms with Crippen molar-refractivity contribution in [2.45, 2.75) is 25.9 Å². The van der Waals surface area contributed by atoms with E-state index in [2.05, 4.69) is 6.58 Å². The summed E-state index contributed by atoms with van der Waals surface area (Å²) in [6.07, 6.45) is 3.81. The van der Waals surface area contributed by atoms with Gasteiger partial charge in [-0.1, -0.05) is 36.4 Å². The number of aliphatic hydroxyl groups excluding tert-OH is 1. The van der Waals surface area contributed by atoms with Crippen LogP contribution in [0.2, 0.25) is 0 Å². The van der Waals surface area contributed by atoms with Crippen LogP contribution in [0.5, 0.6) is 0 Å². The van der Waals surface area contributed by atoms with Crippen molar-refractivity contribution in [3.63, 3.8) is 0 Å². The van der Waals surface area contributed by atoms with E-state index in [9.17, 15) is 9.90 Å². The number of esters is 1. The molecule has 4 heteroatoms. The van der Waals surface area contributed by atoms with Gasteiger partial charge in [0, 0.05) is 10.7 Å². The molecule has 114 valence electrons. The van der Waals surface area contributed by atoms with Crippen LogP contribution >= 0.6 is 11.8 Å². The number of carbonyl (C=O) groups is 1. The molecule has 21 heavy (non-hydrogen) atoms. The lowest BCUT2D eigenvalue weighted by Gasteiger charge is -2.10. The number of carbonyl (C=O) groups excluding carboxylic acids is 1. The number of aliphatic hydroxyl groups is 1. The highest BCUT2D eigenvalue weighted by atomic mass is 32.2. The van der Waals surface area contributed by atoms with Crippen LogP contribution in [0.3, 0.4) is 0 Å². The quantitative estimate of drug-likeness (QED) is 0.559. The maximum atomic E-state index is 11.4. The Bertz CT molecular complexity index is 468. The molecule has 0 bridgehead atoms. The minimum atomic E-state index is -0.562. The van der Waals surface area contributed by atoms with Crippen LogP contribution in [0.1, 0.15) is 25.3 Å². The van der Waals surface area contributed by atoms with Gasteiger partial charge >= 0.3 is 5.97 Å². The van der Waals surface area contributed by atoms with E-state index in [0.29, 0.717) is 25.2 Å². The minimum absolute atomic E-state index is 0.191. The van der Waals surface area contributed by atoms with Crippen molar-refractivity contribution in [2.75, 3.05) is 12.4 Å². The summed E-state index contributed by atoms with van der Waals surface area (Å²) >= 11 is 1.55. The molecule has 1 atom stereocenters. The number of hydrogen-bond donors (Lipinski definition) is 1. The van der Waals surface area contributed by atoms with Crippen LogP contribution in [0.25, 0.3) is 4.91 Å². The van der Waals surface area contributed by atoms with E-state index in [0.717, 1.165) is 10.5 Å². The Hall–Kier alpha value is -1.52. The van der Waals surface area contributed by atoms with Gasteiger partial charge in [0.25, 0.3) is 0 Å². The van der Waals surface area contributed by atoms with Gasteiger partial charge in [-0.2, -0.15) is 0 Å². The second kappa shape index (κ2) is 10.2. The van der Waals surface area contributed by atoms with Crippen molar-refractivity contribution in [1.29, 1.82) is 0 Å². The molecule has 0 saturated heterocycles. The molecule has 0 aliphatic carbocycles. The van der Waals surface area contributed by atoms with E-state index < -0.39 is 6.10 Å². The summed E-state index contributed by atoms with van der Waals surface area (Å²) < 4.78 is 4.91. The van der Waals surface area contributed by atoms with Gasteiger partial charge < -0.3 is 9.84 Å². The van der Waals surface area contributed by atoms with Gasteiger partial charge in [-0.3, -0.25) is 4.79 Å². The fourth-order valence-electron chi connectivity index (χ4n) is 1.72. The van der Waals surface area contributed by atoms with E-state index in [1.165, 1.54) is 0 Å². The highest BCUT2D eigenvalue weighted by Gasteiger charge is 2.08. The standard InChI is InChI=1S/C17H22O3S/c1-3-8-15(18)13-16(14-9-6-5-7-10-14)21-12-11-17(19)20-4-2/h3,5-7,9-10,13,15,18H,1,4,8,11-12H2,2H3/b16-13-. The Morgan fingerprint density at radius 3 is 2.76 bits per heavy atom. The van der Waals surface area contributed by atoms with Crippen molar-refractivity contribution in [2.24, 2.45) is 0 Å². The van der Waals surface area contributed by atoms with Gasteiger partial charge in [-0.25, -0.2) is 0 Å². The van der Waals surface area contributed by atoms with Gasteiger partial charge in [0.15, 0.2) is 0 Å². The summed E-state index contributed by atoms with van der Waals surface area (Å²) in [5, 5.41) is 9.92. The van der Waals surface area contributed by atoms with E-state index in [4.69, 9.17) is 4.74 Å². The molecule has 0 saturated carbocycles. The average molecular weight is 306 g/mol. The Labute approximate surface area is 130 Å². The zero-order valence-electron chi connectivity index (χ0n) is 12.3. The first-order valence-electron chi connectivity index (χ1n) is 7.02. The summed E-state index contributed by atoms with van der Waals surface area (Å²) in [7, 11) is 0. The highest BCUT2D eigenvalue weighted by molar-refractivity contribution is 8.08. The molecule has 3 nitrogen and oxygen atoms in total. The van der Waals surface area contributed by atoms with Crippen molar-refractivity contribution in [3.05, 3.63) is 54.6 Å². The Morgan fingerprint density at radius 2 is 2.14 bits per heavy atom. The third kappa shape index (κ3) is 7.16. The van der Waals surface area contributed by atoms with Gasteiger partial charge in [0.2, 0.25) is 0 Å². The molecule has 1 unspecified atom stereocenters. The third-order valence-corrected chi connectivity index (χ3v) is 3.77. The third-order valence-electron chi connectivity index (χ3n) is 2.68. The van der Waals surface area contributed by atoms with E-state index in [-0.39, 0.29) is 5.97 Å².